The Kier molecular flexibility index (Phi) is 5.49. The molecule has 0 N–H and O–H groups in total. The molecule has 0 saturated carbocycles. The Morgan fingerprint density at radius 3 is 2.39 bits per heavy atom. The molecule has 3 heterocycles. The number of rotatable bonds is 4. The maximum Gasteiger partial charge on any atom is 0.341 e. The van der Waals surface area contributed by atoms with E-state index in [2.05, 4.69) is 6.58 Å². The Morgan fingerprint density at radius 1 is 1.15 bits per heavy atom. The molecule has 33 heavy (non-hydrogen) atoms. The highest BCUT2D eigenvalue weighted by molar-refractivity contribution is 5.93. The first kappa shape index (κ1) is 23.2. The highest BCUT2D eigenvalue weighted by Crippen LogP contribution is 2.49. The van der Waals surface area contributed by atoms with Gasteiger partial charge >= 0.3 is 23.9 Å². The second-order valence-corrected chi connectivity index (χ2v) is 8.88. The van der Waals surface area contributed by atoms with Gasteiger partial charge in [0.05, 0.1) is 24.7 Å². The van der Waals surface area contributed by atoms with Crippen LogP contribution in [0.25, 0.3) is 0 Å². The largest absolute Gasteiger partial charge is 0.466 e. The molecule has 3 aliphatic heterocycles. The smallest absolute Gasteiger partial charge is 0.341 e. The van der Waals surface area contributed by atoms with Crippen LogP contribution in [0.1, 0.15) is 27.7 Å². The van der Waals surface area contributed by atoms with E-state index in [1.807, 2.05) is 0 Å². The summed E-state index contributed by atoms with van der Waals surface area (Å²) in [5.41, 5.74) is -2.08. The summed E-state index contributed by atoms with van der Waals surface area (Å²) in [6, 6.07) is 0. The zero-order chi connectivity index (χ0) is 24.3. The van der Waals surface area contributed by atoms with Crippen LogP contribution in [-0.4, -0.2) is 72.7 Å². The maximum atomic E-state index is 13.0. The van der Waals surface area contributed by atoms with E-state index in [1.54, 1.807) is 32.9 Å². The third-order valence-electron chi connectivity index (χ3n) is 6.61. The number of carbonyl (C=O) groups excluding carboxylic acids is 4. The predicted octanol–water partition coefficient (Wildman–Crippen LogP) is 0.932. The Balaban J connectivity index is 1.85. The minimum atomic E-state index is -1.41. The van der Waals surface area contributed by atoms with Gasteiger partial charge < -0.3 is 28.4 Å². The Hall–Kier alpha value is -2.98. The van der Waals surface area contributed by atoms with E-state index in [-0.39, 0.29) is 11.1 Å². The number of ether oxygens (including phenoxy) is 6. The van der Waals surface area contributed by atoms with Gasteiger partial charge in [0.15, 0.2) is 17.8 Å². The normalized spacial score (nSPS) is 43.6. The number of hydrogen-bond donors (Lipinski definition) is 0. The minimum absolute atomic E-state index is 0.0106. The molecule has 0 unspecified atom stereocenters. The molecule has 8 atom stereocenters. The number of epoxide rings is 2. The molecular formula is C23H26O10. The molecule has 0 spiro atoms. The lowest BCUT2D eigenvalue weighted by Crippen LogP contribution is -2.49. The zero-order valence-corrected chi connectivity index (χ0v) is 19.0. The molecule has 0 aromatic heterocycles. The van der Waals surface area contributed by atoms with E-state index >= 15 is 0 Å². The summed E-state index contributed by atoms with van der Waals surface area (Å²) in [7, 11) is 1.17. The monoisotopic (exact) mass is 462 g/mol. The van der Waals surface area contributed by atoms with Crippen LogP contribution in [0.2, 0.25) is 0 Å². The summed E-state index contributed by atoms with van der Waals surface area (Å²) in [5, 5.41) is 0. The van der Waals surface area contributed by atoms with Gasteiger partial charge in [-0.05, 0) is 26.8 Å². The SMILES string of the molecule is C=C1C(=O)O[C@H]2[C@H]1[C@H](OC(=O)[C@@]1(C)O[C@@H]1C)[C@@H](OC(C)=O)/C(C(=O)OC)=C\C=C/[C@@]1(C)O[C@H]21. The maximum absolute atomic E-state index is 13.0. The van der Waals surface area contributed by atoms with Crippen molar-refractivity contribution >= 4 is 23.9 Å². The number of fused-ring (bicyclic) bond motifs is 3. The van der Waals surface area contributed by atoms with Gasteiger partial charge in [0.2, 0.25) is 0 Å². The molecule has 0 bridgehead atoms. The summed E-state index contributed by atoms with van der Waals surface area (Å²) in [4.78, 5) is 50.3. The summed E-state index contributed by atoms with van der Waals surface area (Å²) >= 11 is 0. The first-order valence-electron chi connectivity index (χ1n) is 10.5. The van der Waals surface area contributed by atoms with Crippen molar-refractivity contribution in [1.82, 2.24) is 0 Å². The molecule has 3 fully saturated rings. The molecule has 10 heteroatoms. The topological polar surface area (TPSA) is 130 Å². The first-order valence-corrected chi connectivity index (χ1v) is 10.5. The molecule has 178 valence electrons. The zero-order valence-electron chi connectivity index (χ0n) is 19.0. The second-order valence-electron chi connectivity index (χ2n) is 8.88. The molecule has 10 nitrogen and oxygen atoms in total. The fraction of sp³-hybridized carbons (Fsp3) is 0.565. The summed E-state index contributed by atoms with van der Waals surface area (Å²) in [5.74, 6) is -3.94. The van der Waals surface area contributed by atoms with E-state index in [1.165, 1.54) is 13.2 Å². The van der Waals surface area contributed by atoms with Gasteiger partial charge in [-0.1, -0.05) is 18.7 Å². The van der Waals surface area contributed by atoms with Crippen LogP contribution in [0.15, 0.2) is 36.0 Å². The van der Waals surface area contributed by atoms with Crippen molar-refractivity contribution in [3.63, 3.8) is 0 Å². The quantitative estimate of drug-likeness (QED) is 0.257. The molecule has 0 aromatic carbocycles. The van der Waals surface area contributed by atoms with Gasteiger partial charge in [-0.3, -0.25) is 4.79 Å². The number of hydrogen-bond acceptors (Lipinski definition) is 10. The molecule has 4 aliphatic rings. The van der Waals surface area contributed by atoms with Crippen molar-refractivity contribution in [3.8, 4) is 0 Å². The summed E-state index contributed by atoms with van der Waals surface area (Å²) < 4.78 is 32.9. The van der Waals surface area contributed by atoms with Gasteiger partial charge in [0.1, 0.15) is 17.8 Å². The average Bonchev–Trinajstić information content (AvgIpc) is 3.57. The van der Waals surface area contributed by atoms with Crippen molar-refractivity contribution in [3.05, 3.63) is 36.0 Å². The molecular weight excluding hydrogens is 436 g/mol. The molecule has 4 rings (SSSR count). The molecule has 1 aliphatic carbocycles. The van der Waals surface area contributed by atoms with Gasteiger partial charge in [-0.2, -0.15) is 0 Å². The number of carbonyl (C=O) groups is 4. The minimum Gasteiger partial charge on any atom is -0.466 e. The van der Waals surface area contributed by atoms with E-state index in [4.69, 9.17) is 28.4 Å². The molecule has 0 amide bonds. The highest BCUT2D eigenvalue weighted by atomic mass is 16.7. The lowest BCUT2D eigenvalue weighted by atomic mass is 9.81. The molecule has 3 saturated heterocycles. The fourth-order valence-corrected chi connectivity index (χ4v) is 4.35. The van der Waals surface area contributed by atoms with Crippen LogP contribution in [-0.2, 0) is 47.6 Å². The van der Waals surface area contributed by atoms with Crippen LogP contribution >= 0.6 is 0 Å². The predicted molar refractivity (Wildman–Crippen MR) is 109 cm³/mol. The van der Waals surface area contributed by atoms with Crippen LogP contribution < -0.4 is 0 Å². The molecule has 0 radical (unpaired) electrons. The van der Waals surface area contributed by atoms with Crippen LogP contribution in [0, 0.1) is 5.92 Å². The first-order chi connectivity index (χ1) is 15.4. The molecule has 0 aromatic rings. The number of methoxy groups -OCH3 is 1. The van der Waals surface area contributed by atoms with Crippen LogP contribution in [0.3, 0.4) is 0 Å². The Labute approximate surface area is 190 Å². The Morgan fingerprint density at radius 2 is 1.82 bits per heavy atom. The van der Waals surface area contributed by atoms with Crippen molar-refractivity contribution < 1.29 is 47.6 Å². The average molecular weight is 462 g/mol. The van der Waals surface area contributed by atoms with Crippen molar-refractivity contribution in [1.29, 1.82) is 0 Å². The van der Waals surface area contributed by atoms with Gasteiger partial charge in [-0.25, -0.2) is 14.4 Å². The van der Waals surface area contributed by atoms with E-state index in [0.717, 1.165) is 6.92 Å². The van der Waals surface area contributed by atoms with E-state index < -0.39 is 71.5 Å². The van der Waals surface area contributed by atoms with E-state index in [0.29, 0.717) is 0 Å². The fourth-order valence-electron chi connectivity index (χ4n) is 4.35. The second kappa shape index (κ2) is 7.81. The van der Waals surface area contributed by atoms with Gasteiger partial charge in [0.25, 0.3) is 0 Å². The summed E-state index contributed by atoms with van der Waals surface area (Å²) in [6.07, 6.45) is 0.0606. The summed E-state index contributed by atoms with van der Waals surface area (Å²) in [6.45, 7) is 10.0. The van der Waals surface area contributed by atoms with Crippen molar-refractivity contribution in [2.24, 2.45) is 5.92 Å². The van der Waals surface area contributed by atoms with Crippen molar-refractivity contribution in [2.45, 2.75) is 69.4 Å². The van der Waals surface area contributed by atoms with Crippen LogP contribution in [0.4, 0.5) is 0 Å². The highest BCUT2D eigenvalue weighted by Gasteiger charge is 2.65. The van der Waals surface area contributed by atoms with Crippen LogP contribution in [0.5, 0.6) is 0 Å². The lowest BCUT2D eigenvalue weighted by Gasteiger charge is -2.33. The Bertz CT molecular complexity index is 995. The standard InChI is InChI=1S/C23H26O10/c1-10-14-16(31-21(27)23(5)11(2)32-23)15(29-12(3)24)13(20(26)28-6)8-7-9-22(4)18(33-22)17(14)30-19(10)25/h7-9,11,14-18H,1H2,2-6H3/b9-7-,13-8+/t11-,14-,15+,16+,17+,18-,22-,23+/m1/s1. The third-order valence-corrected chi connectivity index (χ3v) is 6.61. The lowest BCUT2D eigenvalue weighted by molar-refractivity contribution is -0.174. The third kappa shape index (κ3) is 3.87. The number of allylic oxidation sites excluding steroid dienone is 2. The van der Waals surface area contributed by atoms with Gasteiger partial charge in [-0.15, -0.1) is 0 Å². The number of esters is 4. The van der Waals surface area contributed by atoms with E-state index in [9.17, 15) is 19.2 Å². The van der Waals surface area contributed by atoms with Crippen molar-refractivity contribution in [2.75, 3.05) is 7.11 Å². The van der Waals surface area contributed by atoms with Gasteiger partial charge in [0, 0.05) is 12.5 Å².